The maximum Gasteiger partial charge on any atom is 0.335 e. The van der Waals surface area contributed by atoms with Crippen LogP contribution < -0.4 is 9.64 Å². The molecule has 3 rings (SSSR count). The molecule has 1 fully saturated rings. The summed E-state index contributed by atoms with van der Waals surface area (Å²) < 4.78 is 6.15. The van der Waals surface area contributed by atoms with Crippen LogP contribution in [0.5, 0.6) is 11.5 Å². The molecule has 0 saturated carbocycles. The molecule has 1 saturated heterocycles. The fraction of sp³-hybridized carbons (Fsp3) is 0.105. The van der Waals surface area contributed by atoms with E-state index in [9.17, 15) is 14.7 Å². The second kappa shape index (κ2) is 8.34. The first kappa shape index (κ1) is 20.4. The lowest BCUT2D eigenvalue weighted by molar-refractivity contribution is -0.113. The van der Waals surface area contributed by atoms with Crippen molar-refractivity contribution in [1.82, 2.24) is 0 Å². The van der Waals surface area contributed by atoms with Gasteiger partial charge >= 0.3 is 5.97 Å². The van der Waals surface area contributed by atoms with E-state index in [4.69, 9.17) is 22.1 Å². The number of aromatic hydroxyl groups is 1. The van der Waals surface area contributed by atoms with Crippen LogP contribution in [0.3, 0.4) is 0 Å². The van der Waals surface area contributed by atoms with Crippen LogP contribution in [0.25, 0.3) is 6.08 Å². The molecule has 28 heavy (non-hydrogen) atoms. The largest absolute Gasteiger partial charge is 0.503 e. The van der Waals surface area contributed by atoms with Crippen molar-refractivity contribution in [1.29, 1.82) is 0 Å². The average Bonchev–Trinajstić information content (AvgIpc) is 2.93. The molecule has 2 aromatic rings. The van der Waals surface area contributed by atoms with Gasteiger partial charge in [0, 0.05) is 0 Å². The van der Waals surface area contributed by atoms with Crippen molar-refractivity contribution in [2.24, 2.45) is 0 Å². The number of thiocarbonyl (C=S) groups is 1. The molecule has 0 spiro atoms. The maximum absolute atomic E-state index is 12.9. The standard InChI is InChI=1S/C19H14BrNO5S2/c1-2-26-14-7-10(6-13(20)16(14)22)8-15-17(23)21(19(27)28-15)12-5-3-4-11(9-12)18(24)25/h3-9,22H,2H2,1H3,(H,24,25)/b15-8+. The van der Waals surface area contributed by atoms with E-state index in [1.54, 1.807) is 37.3 Å². The molecule has 2 N–H and O–H groups in total. The lowest BCUT2D eigenvalue weighted by Gasteiger charge is -2.14. The number of phenolic OH excluding ortho intramolecular Hbond substituents is 1. The van der Waals surface area contributed by atoms with Gasteiger partial charge in [-0.3, -0.25) is 9.69 Å². The number of anilines is 1. The van der Waals surface area contributed by atoms with E-state index in [2.05, 4.69) is 15.9 Å². The minimum Gasteiger partial charge on any atom is -0.503 e. The van der Waals surface area contributed by atoms with Gasteiger partial charge in [0.2, 0.25) is 0 Å². The Morgan fingerprint density at radius 3 is 2.79 bits per heavy atom. The normalized spacial score (nSPS) is 15.4. The van der Waals surface area contributed by atoms with Crippen LogP contribution in [0.1, 0.15) is 22.8 Å². The SMILES string of the molecule is CCOc1cc(/C=C2/SC(=S)N(c3cccc(C(=O)O)c3)C2=O)cc(Br)c1O. The molecule has 0 atom stereocenters. The highest BCUT2D eigenvalue weighted by Gasteiger charge is 2.33. The lowest BCUT2D eigenvalue weighted by Crippen LogP contribution is -2.27. The van der Waals surface area contributed by atoms with Gasteiger partial charge in [0.05, 0.1) is 27.2 Å². The minimum atomic E-state index is -1.08. The van der Waals surface area contributed by atoms with E-state index < -0.39 is 5.97 Å². The predicted octanol–water partition coefficient (Wildman–Crippen LogP) is 4.66. The molecular formula is C19H14BrNO5S2. The molecule has 2 aromatic carbocycles. The zero-order valence-corrected chi connectivity index (χ0v) is 17.7. The number of nitrogens with zero attached hydrogens (tertiary/aromatic N) is 1. The molecule has 1 heterocycles. The Labute approximate surface area is 178 Å². The van der Waals surface area contributed by atoms with Gasteiger partial charge in [0.25, 0.3) is 5.91 Å². The van der Waals surface area contributed by atoms with Gasteiger partial charge in [-0.15, -0.1) is 0 Å². The Morgan fingerprint density at radius 1 is 1.36 bits per heavy atom. The molecule has 6 nitrogen and oxygen atoms in total. The van der Waals surface area contributed by atoms with E-state index in [1.165, 1.54) is 17.0 Å². The van der Waals surface area contributed by atoms with Crippen LogP contribution in [0.2, 0.25) is 0 Å². The third-order valence-electron chi connectivity index (χ3n) is 3.79. The zero-order valence-electron chi connectivity index (χ0n) is 14.5. The van der Waals surface area contributed by atoms with Crippen LogP contribution in [0.15, 0.2) is 45.8 Å². The van der Waals surface area contributed by atoms with Gasteiger partial charge in [-0.25, -0.2) is 4.79 Å². The van der Waals surface area contributed by atoms with Crippen molar-refractivity contribution in [3.63, 3.8) is 0 Å². The molecule has 144 valence electrons. The molecule has 1 aliphatic rings. The highest BCUT2D eigenvalue weighted by Crippen LogP contribution is 2.39. The maximum atomic E-state index is 12.9. The molecule has 1 aliphatic heterocycles. The number of rotatable bonds is 5. The molecule has 0 radical (unpaired) electrons. The molecule has 0 aromatic heterocycles. The smallest absolute Gasteiger partial charge is 0.335 e. The van der Waals surface area contributed by atoms with Gasteiger partial charge in [-0.2, -0.15) is 0 Å². The number of ether oxygens (including phenoxy) is 1. The van der Waals surface area contributed by atoms with Crippen LogP contribution in [0, 0.1) is 0 Å². The van der Waals surface area contributed by atoms with E-state index >= 15 is 0 Å². The Balaban J connectivity index is 1.96. The molecule has 1 amide bonds. The third-order valence-corrected chi connectivity index (χ3v) is 5.70. The number of phenols is 1. The first-order valence-corrected chi connectivity index (χ1v) is 10.1. The second-order valence-corrected chi connectivity index (χ2v) is 8.19. The van der Waals surface area contributed by atoms with Crippen LogP contribution in [-0.4, -0.2) is 33.0 Å². The van der Waals surface area contributed by atoms with Crippen molar-refractivity contribution in [3.8, 4) is 11.5 Å². The summed E-state index contributed by atoms with van der Waals surface area (Å²) >= 11 is 9.71. The monoisotopic (exact) mass is 479 g/mol. The van der Waals surface area contributed by atoms with Crippen molar-refractivity contribution >= 4 is 67.9 Å². The van der Waals surface area contributed by atoms with Crippen molar-refractivity contribution in [2.45, 2.75) is 6.92 Å². The number of hydrogen-bond acceptors (Lipinski definition) is 6. The number of carboxylic acid groups (broad SMARTS) is 1. The third kappa shape index (κ3) is 4.06. The van der Waals surface area contributed by atoms with Gasteiger partial charge in [-0.05, 0) is 64.8 Å². The molecule has 9 heteroatoms. The Bertz CT molecular complexity index is 1020. The minimum absolute atomic E-state index is 0.0166. The summed E-state index contributed by atoms with van der Waals surface area (Å²) in [6, 6.07) is 9.33. The second-order valence-electron chi connectivity index (χ2n) is 5.66. The highest BCUT2D eigenvalue weighted by molar-refractivity contribution is 9.10. The number of carboxylic acids is 1. The van der Waals surface area contributed by atoms with E-state index in [0.717, 1.165) is 11.8 Å². The molecular weight excluding hydrogens is 466 g/mol. The summed E-state index contributed by atoms with van der Waals surface area (Å²) in [5.41, 5.74) is 1.11. The summed E-state index contributed by atoms with van der Waals surface area (Å²) in [5, 5.41) is 19.2. The topological polar surface area (TPSA) is 87.1 Å². The Morgan fingerprint density at radius 2 is 2.11 bits per heavy atom. The summed E-state index contributed by atoms with van der Waals surface area (Å²) in [4.78, 5) is 25.7. The number of thioether (sulfide) groups is 1. The molecule has 0 unspecified atom stereocenters. The zero-order chi connectivity index (χ0) is 20.4. The van der Waals surface area contributed by atoms with Gasteiger partial charge in [0.15, 0.2) is 15.8 Å². The average molecular weight is 480 g/mol. The van der Waals surface area contributed by atoms with Crippen molar-refractivity contribution in [2.75, 3.05) is 11.5 Å². The number of hydrogen-bond donors (Lipinski definition) is 2. The highest BCUT2D eigenvalue weighted by atomic mass is 79.9. The van der Waals surface area contributed by atoms with Crippen LogP contribution in [-0.2, 0) is 4.79 Å². The number of benzene rings is 2. The summed E-state index contributed by atoms with van der Waals surface area (Å²) in [5.74, 6) is -1.15. The van der Waals surface area contributed by atoms with E-state index in [1.807, 2.05) is 0 Å². The Hall–Kier alpha value is -2.36. The van der Waals surface area contributed by atoms with Gasteiger partial charge < -0.3 is 14.9 Å². The van der Waals surface area contributed by atoms with Crippen LogP contribution >= 0.6 is 39.9 Å². The van der Waals surface area contributed by atoms with Gasteiger partial charge in [0.1, 0.15) is 0 Å². The van der Waals surface area contributed by atoms with E-state index in [0.29, 0.717) is 37.3 Å². The first-order valence-electron chi connectivity index (χ1n) is 8.08. The first-order chi connectivity index (χ1) is 13.3. The summed E-state index contributed by atoms with van der Waals surface area (Å²) in [6.45, 7) is 2.18. The van der Waals surface area contributed by atoms with Crippen molar-refractivity contribution < 1.29 is 24.5 Å². The lowest BCUT2D eigenvalue weighted by atomic mass is 10.1. The fourth-order valence-electron chi connectivity index (χ4n) is 2.56. The van der Waals surface area contributed by atoms with Gasteiger partial charge in [-0.1, -0.05) is 30.0 Å². The molecule has 0 bridgehead atoms. The Kier molecular flexibility index (Phi) is 6.07. The number of amides is 1. The number of halogens is 1. The summed E-state index contributed by atoms with van der Waals surface area (Å²) in [7, 11) is 0. The summed E-state index contributed by atoms with van der Waals surface area (Å²) in [6.07, 6.45) is 1.65. The number of aromatic carboxylic acids is 1. The number of carbonyl (C=O) groups excluding carboxylic acids is 1. The fourth-order valence-corrected chi connectivity index (χ4v) is 4.32. The van der Waals surface area contributed by atoms with Crippen LogP contribution in [0.4, 0.5) is 5.69 Å². The quantitative estimate of drug-likeness (QED) is 0.476. The number of carbonyl (C=O) groups is 2. The van der Waals surface area contributed by atoms with Crippen molar-refractivity contribution in [3.05, 3.63) is 56.9 Å². The predicted molar refractivity (Wildman–Crippen MR) is 116 cm³/mol. The molecule has 0 aliphatic carbocycles. The van der Waals surface area contributed by atoms with E-state index in [-0.39, 0.29) is 17.2 Å².